The van der Waals surface area contributed by atoms with Gasteiger partial charge < -0.3 is 4.74 Å². The fraction of sp³-hybridized carbons (Fsp3) is 0.111. The molecule has 2 aromatic heterocycles. The summed E-state index contributed by atoms with van der Waals surface area (Å²) in [6.45, 7) is 0. The van der Waals surface area contributed by atoms with E-state index >= 15 is 0 Å². The van der Waals surface area contributed by atoms with Crippen LogP contribution in [0.4, 0.5) is 0 Å². The van der Waals surface area contributed by atoms with Crippen molar-refractivity contribution in [1.82, 2.24) is 24.8 Å². The number of nitrogens with zero attached hydrogens (tertiary/aromatic N) is 5. The molecule has 0 atom stereocenters. The molecule has 6 heteroatoms. The van der Waals surface area contributed by atoms with E-state index in [4.69, 9.17) is 4.74 Å². The van der Waals surface area contributed by atoms with E-state index in [2.05, 4.69) is 20.3 Å². The highest BCUT2D eigenvalue weighted by atomic mass is 16.5. The van der Waals surface area contributed by atoms with Crippen LogP contribution in [0.2, 0.25) is 0 Å². The van der Waals surface area contributed by atoms with E-state index in [0.717, 1.165) is 16.8 Å². The fourth-order valence-electron chi connectivity index (χ4n) is 1.40. The van der Waals surface area contributed by atoms with Crippen molar-refractivity contribution in [3.8, 4) is 5.75 Å². The summed E-state index contributed by atoms with van der Waals surface area (Å²) in [6.07, 6.45) is 1.52. The van der Waals surface area contributed by atoms with Crippen LogP contribution in [0.1, 0.15) is 0 Å². The van der Waals surface area contributed by atoms with Crippen LogP contribution in [0.15, 0.2) is 24.5 Å². The van der Waals surface area contributed by atoms with Crippen molar-refractivity contribution in [2.45, 2.75) is 0 Å². The predicted octanol–water partition coefficient (Wildman–Crippen LogP) is 0.681. The van der Waals surface area contributed by atoms with E-state index in [1.54, 1.807) is 7.11 Å². The lowest BCUT2D eigenvalue weighted by atomic mass is 10.3. The Bertz CT molecular complexity index is 633. The second-order valence-corrected chi connectivity index (χ2v) is 3.04. The van der Waals surface area contributed by atoms with Gasteiger partial charge in [-0.15, -0.1) is 10.2 Å². The summed E-state index contributed by atoms with van der Waals surface area (Å²) in [5.41, 5.74) is 1.53. The number of methoxy groups -OCH3 is 1. The van der Waals surface area contributed by atoms with Crippen molar-refractivity contribution in [3.63, 3.8) is 0 Å². The summed E-state index contributed by atoms with van der Waals surface area (Å²) >= 11 is 0. The van der Waals surface area contributed by atoms with Crippen LogP contribution >= 0.6 is 0 Å². The van der Waals surface area contributed by atoms with Gasteiger partial charge in [-0.1, -0.05) is 0 Å². The van der Waals surface area contributed by atoms with Crippen LogP contribution < -0.4 is 4.74 Å². The molecule has 0 bridgehead atoms. The molecule has 0 aliphatic heterocycles. The normalized spacial score (nSPS) is 11.0. The molecule has 0 unspecified atom stereocenters. The quantitative estimate of drug-likeness (QED) is 0.579. The van der Waals surface area contributed by atoms with E-state index in [-0.39, 0.29) is 0 Å². The molecule has 2 heterocycles. The van der Waals surface area contributed by atoms with Crippen LogP contribution in [0.5, 0.6) is 5.75 Å². The lowest BCUT2D eigenvalue weighted by Crippen LogP contribution is -1.95. The molecule has 74 valence electrons. The number of fused-ring (bicyclic) bond motifs is 2. The molecule has 0 radical (unpaired) electrons. The lowest BCUT2D eigenvalue weighted by Gasteiger charge is -2.00. The molecule has 0 N–H and O–H groups in total. The first-order valence-corrected chi connectivity index (χ1v) is 4.38. The van der Waals surface area contributed by atoms with Gasteiger partial charge in [-0.2, -0.15) is 9.61 Å². The maximum absolute atomic E-state index is 5.11. The molecular weight excluding hydrogens is 194 g/mol. The molecule has 0 aliphatic carbocycles. The molecule has 0 spiro atoms. The van der Waals surface area contributed by atoms with Crippen LogP contribution in [0, 0.1) is 0 Å². The summed E-state index contributed by atoms with van der Waals surface area (Å²) in [7, 11) is 1.62. The van der Waals surface area contributed by atoms with Gasteiger partial charge in [0.2, 0.25) is 0 Å². The fourth-order valence-corrected chi connectivity index (χ4v) is 1.40. The average Bonchev–Trinajstić information content (AvgIpc) is 2.72. The highest BCUT2D eigenvalue weighted by Gasteiger charge is 2.03. The first-order valence-electron chi connectivity index (χ1n) is 4.38. The maximum atomic E-state index is 5.11. The van der Waals surface area contributed by atoms with Crippen LogP contribution in [0.25, 0.3) is 16.8 Å². The molecule has 15 heavy (non-hydrogen) atoms. The molecule has 3 rings (SSSR count). The summed E-state index contributed by atoms with van der Waals surface area (Å²) in [6, 6.07) is 5.50. The number of hydrogen-bond donors (Lipinski definition) is 0. The average molecular weight is 201 g/mol. The third-order valence-corrected chi connectivity index (χ3v) is 2.13. The Labute approximate surface area is 84.5 Å². The zero-order valence-electron chi connectivity index (χ0n) is 7.95. The smallest absolute Gasteiger partial charge is 0.272 e. The predicted molar refractivity (Wildman–Crippen MR) is 52.6 cm³/mol. The van der Waals surface area contributed by atoms with Gasteiger partial charge in [0.1, 0.15) is 17.6 Å². The molecule has 1 aromatic carbocycles. The van der Waals surface area contributed by atoms with Gasteiger partial charge in [-0.05, 0) is 12.1 Å². The third-order valence-electron chi connectivity index (χ3n) is 2.13. The van der Waals surface area contributed by atoms with Gasteiger partial charge >= 0.3 is 0 Å². The highest BCUT2D eigenvalue weighted by Crippen LogP contribution is 2.16. The topological polar surface area (TPSA) is 65.2 Å². The Kier molecular flexibility index (Phi) is 1.55. The molecule has 0 saturated heterocycles. The minimum atomic E-state index is 0.493. The highest BCUT2D eigenvalue weighted by molar-refractivity contribution is 5.76. The van der Waals surface area contributed by atoms with Gasteiger partial charge in [0, 0.05) is 6.07 Å². The second kappa shape index (κ2) is 2.88. The third kappa shape index (κ3) is 1.18. The zero-order valence-corrected chi connectivity index (χ0v) is 7.95. The van der Waals surface area contributed by atoms with Crippen molar-refractivity contribution < 1.29 is 4.74 Å². The van der Waals surface area contributed by atoms with E-state index in [9.17, 15) is 0 Å². The monoisotopic (exact) mass is 201 g/mol. The Hall–Kier alpha value is -2.24. The van der Waals surface area contributed by atoms with Crippen LogP contribution in [-0.2, 0) is 0 Å². The second-order valence-electron chi connectivity index (χ2n) is 3.04. The molecule has 0 fully saturated rings. The van der Waals surface area contributed by atoms with E-state index in [1.165, 1.54) is 10.8 Å². The van der Waals surface area contributed by atoms with Crippen molar-refractivity contribution in [2.24, 2.45) is 0 Å². The Morgan fingerprint density at radius 1 is 1.27 bits per heavy atom. The van der Waals surface area contributed by atoms with E-state index < -0.39 is 0 Å². The lowest BCUT2D eigenvalue weighted by molar-refractivity contribution is 0.415. The SMILES string of the molecule is COc1ccc2nc3nncn3nc2c1. The minimum absolute atomic E-state index is 0.493. The van der Waals surface area contributed by atoms with Crippen LogP contribution in [-0.4, -0.2) is 31.9 Å². The standard InChI is InChI=1S/C9H7N5O/c1-15-6-2-3-7-8(4-6)13-14-5-10-12-9(14)11-7/h2-5H,1H3. The minimum Gasteiger partial charge on any atom is -0.497 e. The first kappa shape index (κ1) is 8.10. The summed E-state index contributed by atoms with van der Waals surface area (Å²) in [5.74, 6) is 1.25. The van der Waals surface area contributed by atoms with Gasteiger partial charge in [-0.3, -0.25) is 0 Å². The largest absolute Gasteiger partial charge is 0.497 e. The van der Waals surface area contributed by atoms with Gasteiger partial charge in [-0.25, -0.2) is 4.98 Å². The van der Waals surface area contributed by atoms with Crippen molar-refractivity contribution in [1.29, 1.82) is 0 Å². The van der Waals surface area contributed by atoms with Crippen molar-refractivity contribution in [3.05, 3.63) is 24.5 Å². The molecular formula is C9H7N5O. The van der Waals surface area contributed by atoms with Gasteiger partial charge in [0.15, 0.2) is 0 Å². The van der Waals surface area contributed by atoms with Gasteiger partial charge in [0.05, 0.1) is 12.6 Å². The molecule has 0 saturated carbocycles. The van der Waals surface area contributed by atoms with E-state index in [1.807, 2.05) is 18.2 Å². The van der Waals surface area contributed by atoms with Gasteiger partial charge in [0.25, 0.3) is 5.78 Å². The number of aromatic nitrogens is 5. The molecule has 3 aromatic rings. The van der Waals surface area contributed by atoms with Crippen LogP contribution in [0.3, 0.4) is 0 Å². The number of benzene rings is 1. The number of hydrogen-bond acceptors (Lipinski definition) is 5. The maximum Gasteiger partial charge on any atom is 0.272 e. The Morgan fingerprint density at radius 3 is 3.07 bits per heavy atom. The summed E-state index contributed by atoms with van der Waals surface area (Å²) in [4.78, 5) is 4.28. The first-order chi connectivity index (χ1) is 7.36. The Balaban J connectivity index is 2.38. The molecule has 6 nitrogen and oxygen atoms in total. The molecule has 0 aliphatic rings. The zero-order chi connectivity index (χ0) is 10.3. The number of ether oxygens (including phenoxy) is 1. The van der Waals surface area contributed by atoms with Crippen molar-refractivity contribution in [2.75, 3.05) is 7.11 Å². The van der Waals surface area contributed by atoms with Crippen molar-refractivity contribution >= 4 is 16.8 Å². The van der Waals surface area contributed by atoms with E-state index in [0.29, 0.717) is 5.78 Å². The number of rotatable bonds is 1. The summed E-state index contributed by atoms with van der Waals surface area (Å²) in [5, 5.41) is 11.8. The molecule has 0 amide bonds. The summed E-state index contributed by atoms with van der Waals surface area (Å²) < 4.78 is 6.64. The Morgan fingerprint density at radius 2 is 2.20 bits per heavy atom.